The van der Waals surface area contributed by atoms with Crippen molar-refractivity contribution in [3.63, 3.8) is 0 Å². The quantitative estimate of drug-likeness (QED) is 0.173. The maximum atomic E-state index is 13.1. The molecular weight excluding hydrogens is 504 g/mol. The number of carbonyl (C=O) groups excluding carboxylic acids is 5. The van der Waals surface area contributed by atoms with Crippen LogP contribution < -0.4 is 33.0 Å². The summed E-state index contributed by atoms with van der Waals surface area (Å²) in [6.07, 6.45) is 2.60. The number of hydrogen-bond acceptors (Lipinski definition) is 7. The van der Waals surface area contributed by atoms with Gasteiger partial charge in [-0.2, -0.15) is 0 Å². The molecule has 1 atom stereocenters. The van der Waals surface area contributed by atoms with Crippen LogP contribution in [0.4, 0.5) is 11.4 Å². The van der Waals surface area contributed by atoms with Crippen LogP contribution in [0.2, 0.25) is 0 Å². The average molecular weight is 541 g/mol. The summed E-state index contributed by atoms with van der Waals surface area (Å²) in [6.45, 7) is 6.01. The second-order valence-electron chi connectivity index (χ2n) is 9.26. The van der Waals surface area contributed by atoms with Crippen LogP contribution in [0.15, 0.2) is 41.3 Å². The lowest BCUT2D eigenvalue weighted by molar-refractivity contribution is -0.136. The second-order valence-corrected chi connectivity index (χ2v) is 9.26. The first-order valence-electron chi connectivity index (χ1n) is 12.7. The summed E-state index contributed by atoms with van der Waals surface area (Å²) in [5.41, 5.74) is 11.2. The molecule has 12 heteroatoms. The minimum atomic E-state index is -1.29. The Hall–Kier alpha value is -4.48. The summed E-state index contributed by atoms with van der Waals surface area (Å²) < 4.78 is 1.15. The number of nitrogen functional groups attached to an aromatic ring is 1. The van der Waals surface area contributed by atoms with Crippen LogP contribution in [0.5, 0.6) is 0 Å². The molecule has 0 fully saturated rings. The number of anilines is 2. The highest BCUT2D eigenvalue weighted by molar-refractivity contribution is 6.35. The number of Topliss-reactive ketones (excluding diaryl/α,β-unsaturated/α-hetero) is 1. The van der Waals surface area contributed by atoms with E-state index in [1.807, 2.05) is 13.8 Å². The lowest BCUT2D eigenvalue weighted by Gasteiger charge is -2.19. The largest absolute Gasteiger partial charge is 0.399 e. The SMILES string of the molecule is CCC(CC)CNC(=O)Cn1cccc(NC(=O)[C@H](CCC(=O)C(N)=O)NC(=O)c2cc(N)ccc2C)c1=O. The third-order valence-electron chi connectivity index (χ3n) is 6.40. The molecular formula is C27H36N6O6. The number of nitrogens with two attached hydrogens (primary N) is 2. The Morgan fingerprint density at radius 1 is 1.05 bits per heavy atom. The summed E-state index contributed by atoms with van der Waals surface area (Å²) in [4.78, 5) is 74.4. The van der Waals surface area contributed by atoms with E-state index in [0.29, 0.717) is 23.7 Å². The van der Waals surface area contributed by atoms with E-state index in [1.165, 1.54) is 24.4 Å². The van der Waals surface area contributed by atoms with Gasteiger partial charge in [0.25, 0.3) is 17.4 Å². The number of hydrogen-bond donors (Lipinski definition) is 5. The number of nitrogens with zero attached hydrogens (tertiary/aromatic N) is 1. The zero-order valence-corrected chi connectivity index (χ0v) is 22.4. The van der Waals surface area contributed by atoms with E-state index in [2.05, 4.69) is 16.0 Å². The van der Waals surface area contributed by atoms with E-state index < -0.39 is 41.5 Å². The molecule has 1 heterocycles. The molecule has 1 aromatic carbocycles. The van der Waals surface area contributed by atoms with Crippen LogP contribution in [0, 0.1) is 12.8 Å². The number of carbonyl (C=O) groups is 5. The monoisotopic (exact) mass is 540 g/mol. The van der Waals surface area contributed by atoms with E-state index in [0.717, 1.165) is 17.4 Å². The lowest BCUT2D eigenvalue weighted by atomic mass is 10.0. The first kappa shape index (κ1) is 30.7. The van der Waals surface area contributed by atoms with E-state index in [-0.39, 0.29) is 30.1 Å². The Morgan fingerprint density at radius 3 is 2.38 bits per heavy atom. The van der Waals surface area contributed by atoms with Gasteiger partial charge in [-0.25, -0.2) is 0 Å². The third-order valence-corrected chi connectivity index (χ3v) is 6.40. The molecule has 0 spiro atoms. The van der Waals surface area contributed by atoms with Gasteiger partial charge in [-0.15, -0.1) is 0 Å². The highest BCUT2D eigenvalue weighted by atomic mass is 16.2. The first-order valence-corrected chi connectivity index (χ1v) is 12.7. The average Bonchev–Trinajstić information content (AvgIpc) is 2.90. The topological polar surface area (TPSA) is 195 Å². The summed E-state index contributed by atoms with van der Waals surface area (Å²) in [5.74, 6) is -3.52. The second kappa shape index (κ2) is 14.5. The van der Waals surface area contributed by atoms with Gasteiger partial charge in [-0.1, -0.05) is 32.8 Å². The van der Waals surface area contributed by atoms with Gasteiger partial charge >= 0.3 is 0 Å². The van der Waals surface area contributed by atoms with Crippen molar-refractivity contribution in [2.75, 3.05) is 17.6 Å². The minimum Gasteiger partial charge on any atom is -0.399 e. The Labute approximate surface area is 226 Å². The number of aromatic nitrogens is 1. The van der Waals surface area contributed by atoms with Crippen molar-refractivity contribution in [2.45, 2.75) is 59.0 Å². The Morgan fingerprint density at radius 2 is 1.74 bits per heavy atom. The van der Waals surface area contributed by atoms with Crippen molar-refractivity contribution in [3.8, 4) is 0 Å². The molecule has 39 heavy (non-hydrogen) atoms. The molecule has 0 aliphatic heterocycles. The standard InChI is InChI=1S/C27H36N6O6/c1-4-17(5-2)14-30-23(35)15-33-12-6-7-21(27(33)39)32-26(38)20(10-11-22(34)24(29)36)31-25(37)19-13-18(28)9-8-16(19)3/h6-9,12-13,17,20H,4-5,10-11,14-15,28H2,1-3H3,(H2,29,36)(H,30,35)(H,31,37)(H,32,38)/t20-/m0/s1. The number of primary amides is 1. The Balaban J connectivity index is 2.21. The number of ketones is 1. The number of nitrogens with one attached hydrogen (secondary N) is 3. The van der Waals surface area contributed by atoms with Gasteiger partial charge in [0.2, 0.25) is 17.6 Å². The van der Waals surface area contributed by atoms with Gasteiger partial charge in [-0.3, -0.25) is 28.8 Å². The number of benzene rings is 1. The van der Waals surface area contributed by atoms with Crippen molar-refractivity contribution in [2.24, 2.45) is 11.7 Å². The van der Waals surface area contributed by atoms with E-state index in [1.54, 1.807) is 19.1 Å². The molecule has 4 amide bonds. The lowest BCUT2D eigenvalue weighted by Crippen LogP contribution is -2.45. The van der Waals surface area contributed by atoms with Crippen molar-refractivity contribution < 1.29 is 24.0 Å². The van der Waals surface area contributed by atoms with Gasteiger partial charge in [0, 0.05) is 30.4 Å². The molecule has 2 aromatic rings. The molecule has 0 aliphatic carbocycles. The molecule has 0 bridgehead atoms. The summed E-state index contributed by atoms with van der Waals surface area (Å²) in [6, 6.07) is 6.26. The molecule has 7 N–H and O–H groups in total. The molecule has 0 aliphatic rings. The smallest absolute Gasteiger partial charge is 0.284 e. The molecule has 0 saturated carbocycles. The first-order chi connectivity index (χ1) is 18.5. The van der Waals surface area contributed by atoms with E-state index in [4.69, 9.17) is 11.5 Å². The predicted molar refractivity (Wildman–Crippen MR) is 147 cm³/mol. The Bertz CT molecular complexity index is 1280. The highest BCUT2D eigenvalue weighted by Gasteiger charge is 2.25. The van der Waals surface area contributed by atoms with Crippen LogP contribution in [-0.4, -0.2) is 46.6 Å². The zero-order chi connectivity index (χ0) is 29.1. The van der Waals surface area contributed by atoms with Gasteiger partial charge < -0.3 is 32.0 Å². The van der Waals surface area contributed by atoms with Gasteiger partial charge in [0.05, 0.1) is 0 Å². The molecule has 12 nitrogen and oxygen atoms in total. The number of pyridine rings is 1. The van der Waals surface area contributed by atoms with E-state index >= 15 is 0 Å². The molecule has 210 valence electrons. The molecule has 0 radical (unpaired) electrons. The van der Waals surface area contributed by atoms with Gasteiger partial charge in [-0.05, 0) is 49.1 Å². The fraction of sp³-hybridized carbons (Fsp3) is 0.407. The number of amides is 4. The van der Waals surface area contributed by atoms with Crippen LogP contribution in [-0.2, 0) is 25.7 Å². The highest BCUT2D eigenvalue weighted by Crippen LogP contribution is 2.14. The normalized spacial score (nSPS) is 11.5. The van der Waals surface area contributed by atoms with Crippen molar-refractivity contribution in [3.05, 3.63) is 58.0 Å². The van der Waals surface area contributed by atoms with Crippen LogP contribution in [0.25, 0.3) is 0 Å². The summed E-state index contributed by atoms with van der Waals surface area (Å²) in [5, 5.41) is 7.80. The van der Waals surface area contributed by atoms with Gasteiger partial charge in [0.15, 0.2) is 0 Å². The Kier molecular flexibility index (Phi) is 11.4. The van der Waals surface area contributed by atoms with Crippen LogP contribution in [0.3, 0.4) is 0 Å². The third kappa shape index (κ3) is 9.09. The summed E-state index contributed by atoms with van der Waals surface area (Å²) >= 11 is 0. The van der Waals surface area contributed by atoms with Gasteiger partial charge in [0.1, 0.15) is 18.3 Å². The maximum Gasteiger partial charge on any atom is 0.284 e. The minimum absolute atomic E-state index is 0.129. The fourth-order valence-corrected chi connectivity index (χ4v) is 3.81. The van der Waals surface area contributed by atoms with Crippen molar-refractivity contribution in [1.82, 2.24) is 15.2 Å². The molecule has 0 saturated heterocycles. The zero-order valence-electron chi connectivity index (χ0n) is 22.4. The fourth-order valence-electron chi connectivity index (χ4n) is 3.81. The number of rotatable bonds is 14. The van der Waals surface area contributed by atoms with Crippen molar-refractivity contribution >= 4 is 40.8 Å². The molecule has 2 rings (SSSR count). The van der Waals surface area contributed by atoms with Crippen molar-refractivity contribution in [1.29, 1.82) is 0 Å². The van der Waals surface area contributed by atoms with E-state index in [9.17, 15) is 28.8 Å². The molecule has 1 aromatic heterocycles. The maximum absolute atomic E-state index is 13.1. The summed E-state index contributed by atoms with van der Waals surface area (Å²) in [7, 11) is 0. The number of aryl methyl sites for hydroxylation is 1. The van der Waals surface area contributed by atoms with Crippen LogP contribution in [0.1, 0.15) is 55.5 Å². The van der Waals surface area contributed by atoms with Crippen LogP contribution >= 0.6 is 0 Å². The predicted octanol–water partition coefficient (Wildman–Crippen LogP) is 0.863. The molecule has 0 unspecified atom stereocenters.